The van der Waals surface area contributed by atoms with Crippen LogP contribution in [0.4, 0.5) is 5.69 Å². The van der Waals surface area contributed by atoms with E-state index in [-0.39, 0.29) is 22.6 Å². The molecular weight excluding hydrogens is 360 g/mol. The van der Waals surface area contributed by atoms with E-state index in [1.807, 2.05) is 13.8 Å². The van der Waals surface area contributed by atoms with Gasteiger partial charge in [0.1, 0.15) is 0 Å². The van der Waals surface area contributed by atoms with Crippen molar-refractivity contribution in [1.29, 1.82) is 0 Å². The molecular formula is C14H18BrClN2O3. The SMILES string of the molecule is CC(C)(CCCCl)CNC(=O)c1cc(Br)cc([N+](=O)[O-])c1. The molecule has 0 aliphatic rings. The summed E-state index contributed by atoms with van der Waals surface area (Å²) in [6.45, 7) is 4.58. The number of nitro benzene ring substituents is 1. The first-order valence-corrected chi connectivity index (χ1v) is 7.87. The van der Waals surface area contributed by atoms with Crippen LogP contribution >= 0.6 is 27.5 Å². The molecule has 1 rings (SSSR count). The lowest BCUT2D eigenvalue weighted by Gasteiger charge is -2.24. The third-order valence-electron chi connectivity index (χ3n) is 3.07. The van der Waals surface area contributed by atoms with Gasteiger partial charge in [0.25, 0.3) is 11.6 Å². The summed E-state index contributed by atoms with van der Waals surface area (Å²) in [6, 6.07) is 4.20. The van der Waals surface area contributed by atoms with E-state index >= 15 is 0 Å². The van der Waals surface area contributed by atoms with Gasteiger partial charge in [-0.2, -0.15) is 0 Å². The molecule has 0 saturated carbocycles. The molecule has 1 amide bonds. The van der Waals surface area contributed by atoms with Crippen LogP contribution in [0.25, 0.3) is 0 Å². The lowest BCUT2D eigenvalue weighted by molar-refractivity contribution is -0.385. The molecule has 0 aliphatic heterocycles. The topological polar surface area (TPSA) is 72.2 Å². The zero-order valence-electron chi connectivity index (χ0n) is 12.0. The van der Waals surface area contributed by atoms with E-state index in [2.05, 4.69) is 21.2 Å². The van der Waals surface area contributed by atoms with Crippen molar-refractivity contribution in [3.63, 3.8) is 0 Å². The van der Waals surface area contributed by atoms with Crippen molar-refractivity contribution in [1.82, 2.24) is 5.32 Å². The molecule has 0 saturated heterocycles. The molecule has 1 N–H and O–H groups in total. The minimum Gasteiger partial charge on any atom is -0.351 e. The monoisotopic (exact) mass is 376 g/mol. The molecule has 0 atom stereocenters. The van der Waals surface area contributed by atoms with Gasteiger partial charge in [-0.3, -0.25) is 14.9 Å². The van der Waals surface area contributed by atoms with Gasteiger partial charge in [0.2, 0.25) is 0 Å². The molecule has 0 aliphatic carbocycles. The van der Waals surface area contributed by atoms with E-state index in [1.54, 1.807) is 6.07 Å². The number of non-ortho nitro benzene ring substituents is 1. The van der Waals surface area contributed by atoms with Crippen LogP contribution in [0.1, 0.15) is 37.0 Å². The molecule has 1 aromatic carbocycles. The quantitative estimate of drug-likeness (QED) is 0.441. The van der Waals surface area contributed by atoms with E-state index in [4.69, 9.17) is 11.6 Å². The van der Waals surface area contributed by atoms with E-state index in [1.165, 1.54) is 12.1 Å². The number of amides is 1. The first kappa shape index (κ1) is 17.9. The van der Waals surface area contributed by atoms with Crippen LogP contribution in [0, 0.1) is 15.5 Å². The standard InChI is InChI=1S/C14H18BrClN2O3/c1-14(2,4-3-5-16)9-17-13(19)10-6-11(15)8-12(7-10)18(20)21/h6-8H,3-5,9H2,1-2H3,(H,17,19). The molecule has 21 heavy (non-hydrogen) atoms. The molecule has 0 spiro atoms. The number of nitrogens with one attached hydrogen (secondary N) is 1. The molecule has 116 valence electrons. The van der Waals surface area contributed by atoms with Gasteiger partial charge in [-0.1, -0.05) is 29.8 Å². The summed E-state index contributed by atoms with van der Waals surface area (Å²) < 4.78 is 0.503. The Hall–Kier alpha value is -1.14. The molecule has 0 heterocycles. The van der Waals surface area contributed by atoms with Crippen LogP contribution in [0.5, 0.6) is 0 Å². The van der Waals surface area contributed by atoms with Crippen LogP contribution in [0.2, 0.25) is 0 Å². The molecule has 0 bridgehead atoms. The predicted octanol–water partition coefficient (Wildman–Crippen LogP) is 4.13. The molecule has 0 unspecified atom stereocenters. The van der Waals surface area contributed by atoms with Crippen LogP contribution in [-0.2, 0) is 0 Å². The van der Waals surface area contributed by atoms with Crippen LogP contribution in [0.3, 0.4) is 0 Å². The minimum atomic E-state index is -0.522. The number of carbonyl (C=O) groups excluding carboxylic acids is 1. The van der Waals surface area contributed by atoms with Crippen LogP contribution < -0.4 is 5.32 Å². The Kier molecular flexibility index (Phi) is 6.61. The molecule has 0 aromatic heterocycles. The largest absolute Gasteiger partial charge is 0.351 e. The maximum absolute atomic E-state index is 12.1. The Morgan fingerprint density at radius 3 is 2.67 bits per heavy atom. The second-order valence-corrected chi connectivity index (χ2v) is 6.89. The van der Waals surface area contributed by atoms with Crippen molar-refractivity contribution in [2.45, 2.75) is 26.7 Å². The second kappa shape index (κ2) is 7.75. The summed E-state index contributed by atoms with van der Waals surface area (Å²) >= 11 is 8.85. The van der Waals surface area contributed by atoms with Gasteiger partial charge >= 0.3 is 0 Å². The molecule has 0 fully saturated rings. The lowest BCUT2D eigenvalue weighted by atomic mass is 9.88. The predicted molar refractivity (Wildman–Crippen MR) is 86.9 cm³/mol. The summed E-state index contributed by atoms with van der Waals surface area (Å²) in [4.78, 5) is 22.4. The summed E-state index contributed by atoms with van der Waals surface area (Å²) in [7, 11) is 0. The van der Waals surface area contributed by atoms with Crippen LogP contribution in [-0.4, -0.2) is 23.3 Å². The first-order chi connectivity index (χ1) is 9.75. The van der Waals surface area contributed by atoms with Gasteiger partial charge in [0.15, 0.2) is 0 Å². The van der Waals surface area contributed by atoms with E-state index < -0.39 is 4.92 Å². The third kappa shape index (κ3) is 6.01. The lowest BCUT2D eigenvalue weighted by Crippen LogP contribution is -2.34. The maximum atomic E-state index is 12.1. The highest BCUT2D eigenvalue weighted by atomic mass is 79.9. The van der Waals surface area contributed by atoms with Crippen molar-refractivity contribution in [3.05, 3.63) is 38.3 Å². The molecule has 0 radical (unpaired) electrons. The number of rotatable bonds is 7. The molecule has 7 heteroatoms. The van der Waals surface area contributed by atoms with Gasteiger partial charge in [0, 0.05) is 34.6 Å². The highest BCUT2D eigenvalue weighted by Crippen LogP contribution is 2.23. The highest BCUT2D eigenvalue weighted by Gasteiger charge is 2.20. The molecule has 5 nitrogen and oxygen atoms in total. The van der Waals surface area contributed by atoms with E-state index in [0.29, 0.717) is 16.9 Å². The summed E-state index contributed by atoms with van der Waals surface area (Å²) in [5, 5.41) is 13.6. The van der Waals surface area contributed by atoms with Gasteiger partial charge < -0.3 is 5.32 Å². The Balaban J connectivity index is 2.74. The van der Waals surface area contributed by atoms with E-state index in [0.717, 1.165) is 12.8 Å². The third-order valence-corrected chi connectivity index (χ3v) is 3.80. The van der Waals surface area contributed by atoms with Crippen molar-refractivity contribution in [2.75, 3.05) is 12.4 Å². The first-order valence-electron chi connectivity index (χ1n) is 6.54. The average Bonchev–Trinajstić information content (AvgIpc) is 2.42. The zero-order chi connectivity index (χ0) is 16.0. The van der Waals surface area contributed by atoms with E-state index in [9.17, 15) is 14.9 Å². The number of benzene rings is 1. The number of nitrogens with zero attached hydrogens (tertiary/aromatic N) is 1. The van der Waals surface area contributed by atoms with Gasteiger partial charge in [0.05, 0.1) is 4.92 Å². The Morgan fingerprint density at radius 1 is 1.43 bits per heavy atom. The van der Waals surface area contributed by atoms with Gasteiger partial charge in [-0.05, 0) is 24.3 Å². The van der Waals surface area contributed by atoms with Crippen LogP contribution in [0.15, 0.2) is 22.7 Å². The second-order valence-electron chi connectivity index (χ2n) is 5.59. The summed E-state index contributed by atoms with van der Waals surface area (Å²) in [6.07, 6.45) is 1.78. The Bertz CT molecular complexity index is 535. The smallest absolute Gasteiger partial charge is 0.271 e. The summed E-state index contributed by atoms with van der Waals surface area (Å²) in [5.74, 6) is 0.271. The fourth-order valence-corrected chi connectivity index (χ4v) is 2.48. The Labute approximate surface area is 137 Å². The number of alkyl halides is 1. The van der Waals surface area contributed by atoms with Gasteiger partial charge in [-0.15, -0.1) is 11.6 Å². The number of hydrogen-bond donors (Lipinski definition) is 1. The Morgan fingerprint density at radius 2 is 2.10 bits per heavy atom. The number of carbonyl (C=O) groups is 1. The van der Waals surface area contributed by atoms with Gasteiger partial charge in [-0.25, -0.2) is 0 Å². The average molecular weight is 378 g/mol. The highest BCUT2D eigenvalue weighted by molar-refractivity contribution is 9.10. The maximum Gasteiger partial charge on any atom is 0.271 e. The zero-order valence-corrected chi connectivity index (χ0v) is 14.3. The van der Waals surface area contributed by atoms with Crippen molar-refractivity contribution in [3.8, 4) is 0 Å². The number of nitro groups is 1. The van der Waals surface area contributed by atoms with Crippen molar-refractivity contribution in [2.24, 2.45) is 5.41 Å². The summed E-state index contributed by atoms with van der Waals surface area (Å²) in [5.41, 5.74) is 0.0859. The van der Waals surface area contributed by atoms with Crippen molar-refractivity contribution < 1.29 is 9.72 Å². The number of halogens is 2. The van der Waals surface area contributed by atoms with Crippen molar-refractivity contribution >= 4 is 39.1 Å². The number of hydrogen-bond acceptors (Lipinski definition) is 3. The molecule has 1 aromatic rings. The fourth-order valence-electron chi connectivity index (χ4n) is 1.87. The minimum absolute atomic E-state index is 0.0670. The fraction of sp³-hybridized carbons (Fsp3) is 0.500. The normalized spacial score (nSPS) is 11.2.